The molecule has 0 aliphatic heterocycles. The van der Waals surface area contributed by atoms with Gasteiger partial charge in [-0.3, -0.25) is 9.89 Å². The summed E-state index contributed by atoms with van der Waals surface area (Å²) in [5.74, 6) is -1.33. The fraction of sp³-hybridized carbons (Fsp3) is 0.278. The van der Waals surface area contributed by atoms with Gasteiger partial charge in [-0.2, -0.15) is 5.10 Å². The molecule has 25 heavy (non-hydrogen) atoms. The van der Waals surface area contributed by atoms with Gasteiger partial charge in [0.15, 0.2) is 6.04 Å². The summed E-state index contributed by atoms with van der Waals surface area (Å²) in [6.07, 6.45) is 0. The van der Waals surface area contributed by atoms with Crippen molar-refractivity contribution in [3.05, 3.63) is 58.9 Å². The maximum atomic E-state index is 12.6. The Morgan fingerprint density at radius 3 is 2.60 bits per heavy atom. The van der Waals surface area contributed by atoms with Crippen LogP contribution >= 0.6 is 0 Å². The number of carboxylic acid groups (broad SMARTS) is 1. The lowest BCUT2D eigenvalue weighted by Crippen LogP contribution is -2.34. The van der Waals surface area contributed by atoms with E-state index in [0.29, 0.717) is 22.7 Å². The Hall–Kier alpha value is -3.09. The fourth-order valence-electron chi connectivity index (χ4n) is 2.43. The number of benzene rings is 1. The molecule has 0 aliphatic carbocycles. The Labute approximate surface area is 145 Å². The Bertz CT molecular complexity index is 791. The Morgan fingerprint density at radius 1 is 1.36 bits per heavy atom. The molecule has 132 valence electrons. The van der Waals surface area contributed by atoms with E-state index in [1.54, 1.807) is 38.1 Å². The number of aliphatic carboxylic acids is 1. The van der Waals surface area contributed by atoms with Gasteiger partial charge in [0.2, 0.25) is 0 Å². The van der Waals surface area contributed by atoms with Gasteiger partial charge in [0.1, 0.15) is 12.4 Å². The first-order valence-corrected chi connectivity index (χ1v) is 7.72. The van der Waals surface area contributed by atoms with Crippen LogP contribution in [0, 0.1) is 13.8 Å². The van der Waals surface area contributed by atoms with E-state index in [9.17, 15) is 14.7 Å². The molecule has 7 heteroatoms. The minimum absolute atomic E-state index is 0.258. The smallest absolute Gasteiger partial charge is 0.331 e. The van der Waals surface area contributed by atoms with E-state index in [0.717, 1.165) is 5.57 Å². The number of aromatic amines is 1. The monoisotopic (exact) mass is 343 g/mol. The van der Waals surface area contributed by atoms with Crippen LogP contribution in [-0.2, 0) is 4.79 Å². The van der Waals surface area contributed by atoms with Crippen molar-refractivity contribution in [3.8, 4) is 5.75 Å². The Balaban J connectivity index is 2.28. The van der Waals surface area contributed by atoms with Gasteiger partial charge >= 0.3 is 5.97 Å². The Kier molecular flexibility index (Phi) is 5.59. The molecule has 0 saturated heterocycles. The highest BCUT2D eigenvalue weighted by molar-refractivity contribution is 5.99. The first-order valence-electron chi connectivity index (χ1n) is 7.72. The van der Waals surface area contributed by atoms with Crippen LogP contribution in [0.2, 0.25) is 0 Å². The van der Waals surface area contributed by atoms with Crippen molar-refractivity contribution in [2.75, 3.05) is 6.61 Å². The van der Waals surface area contributed by atoms with E-state index in [1.807, 2.05) is 6.92 Å². The highest BCUT2D eigenvalue weighted by Crippen LogP contribution is 2.23. The van der Waals surface area contributed by atoms with Crippen molar-refractivity contribution in [2.24, 2.45) is 0 Å². The molecule has 7 nitrogen and oxygen atoms in total. The third kappa shape index (κ3) is 4.26. The summed E-state index contributed by atoms with van der Waals surface area (Å²) < 4.78 is 5.57. The molecule has 0 bridgehead atoms. The van der Waals surface area contributed by atoms with Crippen LogP contribution in [0.4, 0.5) is 0 Å². The van der Waals surface area contributed by atoms with E-state index in [4.69, 9.17) is 4.74 Å². The van der Waals surface area contributed by atoms with Crippen molar-refractivity contribution < 1.29 is 19.4 Å². The minimum atomic E-state index is -1.21. The normalized spacial score (nSPS) is 11.6. The second-order valence-electron chi connectivity index (χ2n) is 5.83. The SMILES string of the molecule is C=C(C)COc1ccccc1C(=O)NC(C(=O)O)c1c(C)n[nH]c1C. The Morgan fingerprint density at radius 2 is 2.04 bits per heavy atom. The van der Waals surface area contributed by atoms with Crippen LogP contribution in [0.25, 0.3) is 0 Å². The lowest BCUT2D eigenvalue weighted by Gasteiger charge is -2.17. The number of rotatable bonds is 7. The number of nitrogens with zero attached hydrogens (tertiary/aromatic N) is 1. The minimum Gasteiger partial charge on any atom is -0.488 e. The van der Waals surface area contributed by atoms with Gasteiger partial charge in [-0.05, 0) is 38.5 Å². The standard InChI is InChI=1S/C18H21N3O4/c1-10(2)9-25-14-8-6-5-7-13(14)17(22)19-16(18(23)24)15-11(3)20-21-12(15)4/h5-8,16H,1,9H2,2-4H3,(H,19,22)(H,20,21)(H,23,24). The van der Waals surface area contributed by atoms with Crippen LogP contribution < -0.4 is 10.1 Å². The van der Waals surface area contributed by atoms with Crippen LogP contribution in [0.15, 0.2) is 36.4 Å². The number of aromatic nitrogens is 2. The quantitative estimate of drug-likeness (QED) is 0.670. The molecule has 1 aromatic carbocycles. The van der Waals surface area contributed by atoms with E-state index in [1.165, 1.54) is 0 Å². The molecule has 0 saturated carbocycles. The highest BCUT2D eigenvalue weighted by atomic mass is 16.5. The summed E-state index contributed by atoms with van der Waals surface area (Å²) in [7, 11) is 0. The second kappa shape index (κ2) is 7.65. The van der Waals surface area contributed by atoms with Gasteiger partial charge in [-0.25, -0.2) is 4.79 Å². The summed E-state index contributed by atoms with van der Waals surface area (Å²) in [5.41, 5.74) is 2.63. The van der Waals surface area contributed by atoms with Crippen molar-refractivity contribution in [2.45, 2.75) is 26.8 Å². The molecule has 1 heterocycles. The first-order chi connectivity index (χ1) is 11.8. The van der Waals surface area contributed by atoms with Gasteiger partial charge < -0.3 is 15.2 Å². The van der Waals surface area contributed by atoms with Crippen LogP contribution in [-0.4, -0.2) is 33.8 Å². The lowest BCUT2D eigenvalue weighted by atomic mass is 10.0. The first kappa shape index (κ1) is 18.3. The summed E-state index contributed by atoms with van der Waals surface area (Å²) in [6.45, 7) is 9.23. The average molecular weight is 343 g/mol. The third-order valence-corrected chi connectivity index (χ3v) is 3.60. The molecule has 1 amide bonds. The van der Waals surface area contributed by atoms with E-state index < -0.39 is 17.9 Å². The molecule has 1 unspecified atom stereocenters. The zero-order valence-electron chi connectivity index (χ0n) is 14.4. The number of H-pyrrole nitrogens is 1. The van der Waals surface area contributed by atoms with E-state index in [2.05, 4.69) is 22.1 Å². The van der Waals surface area contributed by atoms with Crippen LogP contribution in [0.5, 0.6) is 5.75 Å². The largest absolute Gasteiger partial charge is 0.488 e. The summed E-state index contributed by atoms with van der Waals surface area (Å²) in [6, 6.07) is 5.45. The number of carbonyl (C=O) groups excluding carboxylic acids is 1. The van der Waals surface area contributed by atoms with Gasteiger partial charge in [-0.1, -0.05) is 18.7 Å². The molecule has 0 spiro atoms. The maximum Gasteiger partial charge on any atom is 0.331 e. The molecule has 0 fully saturated rings. The molecular weight excluding hydrogens is 322 g/mol. The van der Waals surface area contributed by atoms with Crippen molar-refractivity contribution in [1.82, 2.24) is 15.5 Å². The zero-order chi connectivity index (χ0) is 18.6. The van der Waals surface area contributed by atoms with Gasteiger partial charge in [0.25, 0.3) is 5.91 Å². The van der Waals surface area contributed by atoms with Crippen LogP contribution in [0.1, 0.15) is 40.3 Å². The summed E-state index contributed by atoms with van der Waals surface area (Å²) in [4.78, 5) is 24.3. The maximum absolute atomic E-state index is 12.6. The van der Waals surface area contributed by atoms with E-state index in [-0.39, 0.29) is 12.2 Å². The fourth-order valence-corrected chi connectivity index (χ4v) is 2.43. The molecule has 0 aliphatic rings. The molecular formula is C18H21N3O4. The molecule has 1 aromatic heterocycles. The number of amides is 1. The van der Waals surface area contributed by atoms with Crippen molar-refractivity contribution >= 4 is 11.9 Å². The molecule has 2 aromatic rings. The number of hydrogen-bond donors (Lipinski definition) is 3. The molecule has 3 N–H and O–H groups in total. The number of carboxylic acids is 1. The molecule has 0 radical (unpaired) electrons. The van der Waals surface area contributed by atoms with Gasteiger partial charge in [-0.15, -0.1) is 0 Å². The number of ether oxygens (including phenoxy) is 1. The average Bonchev–Trinajstić information content (AvgIpc) is 2.89. The van der Waals surface area contributed by atoms with Gasteiger partial charge in [0, 0.05) is 11.3 Å². The topological polar surface area (TPSA) is 104 Å². The van der Waals surface area contributed by atoms with E-state index >= 15 is 0 Å². The second-order valence-corrected chi connectivity index (χ2v) is 5.83. The molecule has 2 rings (SSSR count). The lowest BCUT2D eigenvalue weighted by molar-refractivity contribution is -0.139. The highest BCUT2D eigenvalue weighted by Gasteiger charge is 2.28. The van der Waals surface area contributed by atoms with Crippen molar-refractivity contribution in [1.29, 1.82) is 0 Å². The number of hydrogen-bond acceptors (Lipinski definition) is 4. The van der Waals surface area contributed by atoms with Crippen molar-refractivity contribution in [3.63, 3.8) is 0 Å². The number of carbonyl (C=O) groups is 2. The number of nitrogens with one attached hydrogen (secondary N) is 2. The summed E-state index contributed by atoms with van der Waals surface area (Å²) in [5, 5.41) is 18.8. The number of para-hydroxylation sites is 1. The van der Waals surface area contributed by atoms with Gasteiger partial charge in [0.05, 0.1) is 11.3 Å². The van der Waals surface area contributed by atoms with Crippen LogP contribution in [0.3, 0.4) is 0 Å². The predicted octanol–water partition coefficient (Wildman–Crippen LogP) is 2.54. The predicted molar refractivity (Wildman–Crippen MR) is 92.7 cm³/mol. The zero-order valence-corrected chi connectivity index (χ0v) is 14.4. The third-order valence-electron chi connectivity index (χ3n) is 3.60. The number of aryl methyl sites for hydroxylation is 2. The summed E-state index contributed by atoms with van der Waals surface area (Å²) >= 11 is 0. The molecule has 1 atom stereocenters.